The molecule has 0 unspecified atom stereocenters. The molecule has 0 aliphatic rings. The van der Waals surface area contributed by atoms with Crippen LogP contribution in [-0.2, 0) is 11.3 Å². The molecule has 150 valence electrons. The fraction of sp³-hybridized carbons (Fsp3) is 0.190. The summed E-state index contributed by atoms with van der Waals surface area (Å²) in [5.74, 6) is 0.0925. The summed E-state index contributed by atoms with van der Waals surface area (Å²) >= 11 is 1.30. The molecule has 0 bridgehead atoms. The van der Waals surface area contributed by atoms with Crippen LogP contribution in [0.1, 0.15) is 20.7 Å². The van der Waals surface area contributed by atoms with Gasteiger partial charge in [-0.25, -0.2) is 4.79 Å². The highest BCUT2D eigenvalue weighted by Crippen LogP contribution is 2.25. The average Bonchev–Trinajstić information content (AvgIpc) is 3.08. The number of fused-ring (bicyclic) bond motifs is 1. The molecule has 1 aromatic heterocycles. The number of rotatable bonds is 6. The maximum atomic E-state index is 12.9. The number of carbonyl (C=O) groups excluding carboxylic acids is 2. The minimum atomic E-state index is -0.443. The van der Waals surface area contributed by atoms with Crippen molar-refractivity contribution in [2.75, 3.05) is 21.3 Å². The molecule has 8 heteroatoms. The Morgan fingerprint density at radius 3 is 2.59 bits per heavy atom. The number of ether oxygens (including phenoxy) is 3. The quantitative estimate of drug-likeness (QED) is 0.458. The summed E-state index contributed by atoms with van der Waals surface area (Å²) in [6.07, 6.45) is 1.72. The van der Waals surface area contributed by atoms with Gasteiger partial charge in [-0.2, -0.15) is 4.99 Å². The van der Waals surface area contributed by atoms with Crippen molar-refractivity contribution in [3.63, 3.8) is 0 Å². The van der Waals surface area contributed by atoms with E-state index in [1.54, 1.807) is 49.6 Å². The first kappa shape index (κ1) is 20.3. The van der Waals surface area contributed by atoms with Crippen molar-refractivity contribution in [3.05, 3.63) is 65.0 Å². The second-order valence-corrected chi connectivity index (χ2v) is 6.95. The van der Waals surface area contributed by atoms with Gasteiger partial charge in [0.15, 0.2) is 4.80 Å². The normalized spacial score (nSPS) is 11.3. The summed E-state index contributed by atoms with van der Waals surface area (Å²) in [5.41, 5.74) is 1.60. The minimum Gasteiger partial charge on any atom is -0.497 e. The van der Waals surface area contributed by atoms with Gasteiger partial charge < -0.3 is 18.8 Å². The van der Waals surface area contributed by atoms with Gasteiger partial charge in [-0.05, 0) is 30.3 Å². The number of carbonyl (C=O) groups is 2. The van der Waals surface area contributed by atoms with Gasteiger partial charge >= 0.3 is 5.97 Å². The van der Waals surface area contributed by atoms with Gasteiger partial charge in [-0.3, -0.25) is 4.79 Å². The molecule has 0 aliphatic heterocycles. The number of esters is 1. The van der Waals surface area contributed by atoms with E-state index in [-0.39, 0.29) is 0 Å². The molecule has 0 atom stereocenters. The first-order valence-electron chi connectivity index (χ1n) is 8.66. The number of methoxy groups -OCH3 is 3. The smallest absolute Gasteiger partial charge is 0.337 e. The van der Waals surface area contributed by atoms with Crippen molar-refractivity contribution in [2.45, 2.75) is 6.54 Å². The van der Waals surface area contributed by atoms with E-state index in [0.29, 0.717) is 34.0 Å². The number of hydrogen-bond acceptors (Lipinski definition) is 6. The largest absolute Gasteiger partial charge is 0.497 e. The van der Waals surface area contributed by atoms with E-state index >= 15 is 0 Å². The van der Waals surface area contributed by atoms with E-state index in [0.717, 1.165) is 10.2 Å². The lowest BCUT2D eigenvalue weighted by atomic mass is 10.2. The second kappa shape index (κ2) is 8.74. The van der Waals surface area contributed by atoms with Crippen LogP contribution in [0.25, 0.3) is 10.2 Å². The van der Waals surface area contributed by atoms with Crippen molar-refractivity contribution in [1.29, 1.82) is 0 Å². The summed E-state index contributed by atoms with van der Waals surface area (Å²) in [6, 6.07) is 10.1. The molecule has 1 heterocycles. The molecular weight excluding hydrogens is 392 g/mol. The second-order valence-electron chi connectivity index (χ2n) is 5.94. The molecule has 0 saturated carbocycles. The fourth-order valence-corrected chi connectivity index (χ4v) is 3.91. The molecule has 0 fully saturated rings. The predicted molar refractivity (Wildman–Crippen MR) is 111 cm³/mol. The minimum absolute atomic E-state index is 0.325. The third-order valence-corrected chi connectivity index (χ3v) is 5.29. The average molecular weight is 412 g/mol. The number of nitrogens with zero attached hydrogens (tertiary/aromatic N) is 2. The first-order chi connectivity index (χ1) is 14.0. The van der Waals surface area contributed by atoms with Crippen molar-refractivity contribution in [1.82, 2.24) is 4.57 Å². The molecule has 3 rings (SSSR count). The SMILES string of the molecule is C=CCn1c(=NC(=O)c2ccc(OC)cc2OC)sc2cc(C(=O)OC)ccc21. The van der Waals surface area contributed by atoms with Crippen LogP contribution >= 0.6 is 11.3 Å². The first-order valence-corrected chi connectivity index (χ1v) is 9.47. The molecular formula is C21H20N2O5S. The Labute approximate surface area is 171 Å². The number of aromatic nitrogens is 1. The van der Waals surface area contributed by atoms with Crippen molar-refractivity contribution in [2.24, 2.45) is 4.99 Å². The molecule has 1 amide bonds. The van der Waals surface area contributed by atoms with Gasteiger partial charge in [0.25, 0.3) is 5.91 Å². The van der Waals surface area contributed by atoms with Gasteiger partial charge in [0.05, 0.1) is 42.7 Å². The van der Waals surface area contributed by atoms with Crippen LogP contribution in [0.2, 0.25) is 0 Å². The summed E-state index contributed by atoms with van der Waals surface area (Å²) in [4.78, 5) is 29.5. The lowest BCUT2D eigenvalue weighted by Gasteiger charge is -2.07. The Balaban J connectivity index is 2.13. The molecule has 29 heavy (non-hydrogen) atoms. The highest BCUT2D eigenvalue weighted by Gasteiger charge is 2.15. The zero-order chi connectivity index (χ0) is 21.0. The van der Waals surface area contributed by atoms with Crippen LogP contribution in [0.15, 0.2) is 54.0 Å². The van der Waals surface area contributed by atoms with Gasteiger partial charge in [0.1, 0.15) is 11.5 Å². The van der Waals surface area contributed by atoms with Crippen LogP contribution in [0, 0.1) is 0 Å². The van der Waals surface area contributed by atoms with Crippen molar-refractivity contribution >= 4 is 33.4 Å². The van der Waals surface area contributed by atoms with Gasteiger partial charge in [-0.1, -0.05) is 17.4 Å². The summed E-state index contributed by atoms with van der Waals surface area (Å²) in [7, 11) is 4.36. The van der Waals surface area contributed by atoms with Crippen LogP contribution in [0.5, 0.6) is 11.5 Å². The molecule has 2 aromatic carbocycles. The summed E-state index contributed by atoms with van der Waals surface area (Å²) < 4.78 is 17.9. The number of hydrogen-bond donors (Lipinski definition) is 0. The van der Waals surface area contributed by atoms with E-state index < -0.39 is 11.9 Å². The zero-order valence-corrected chi connectivity index (χ0v) is 17.1. The van der Waals surface area contributed by atoms with E-state index in [1.807, 2.05) is 4.57 Å². The van der Waals surface area contributed by atoms with Gasteiger partial charge in [-0.15, -0.1) is 6.58 Å². The summed E-state index contributed by atoms with van der Waals surface area (Å²) in [6.45, 7) is 4.24. The number of thiazole rings is 1. The monoisotopic (exact) mass is 412 g/mol. The molecule has 0 saturated heterocycles. The molecule has 7 nitrogen and oxygen atoms in total. The van der Waals surface area contributed by atoms with Crippen molar-refractivity contribution in [3.8, 4) is 11.5 Å². The van der Waals surface area contributed by atoms with Crippen LogP contribution in [-0.4, -0.2) is 37.8 Å². The Hall–Kier alpha value is -3.39. The number of amides is 1. The number of benzene rings is 2. The van der Waals surface area contributed by atoms with E-state index in [2.05, 4.69) is 11.6 Å². The predicted octanol–water partition coefficient (Wildman–Crippen LogP) is 3.43. The Bertz CT molecular complexity index is 1160. The topological polar surface area (TPSA) is 79.1 Å². The zero-order valence-electron chi connectivity index (χ0n) is 16.3. The maximum absolute atomic E-state index is 12.9. The third-order valence-electron chi connectivity index (χ3n) is 4.25. The lowest BCUT2D eigenvalue weighted by Crippen LogP contribution is -2.16. The Morgan fingerprint density at radius 1 is 1.14 bits per heavy atom. The van der Waals surface area contributed by atoms with E-state index in [1.165, 1.54) is 25.6 Å². The van der Waals surface area contributed by atoms with Crippen molar-refractivity contribution < 1.29 is 23.8 Å². The van der Waals surface area contributed by atoms with E-state index in [9.17, 15) is 9.59 Å². The van der Waals surface area contributed by atoms with E-state index in [4.69, 9.17) is 14.2 Å². The molecule has 0 N–H and O–H groups in total. The molecule has 0 aliphatic carbocycles. The van der Waals surface area contributed by atoms with Crippen LogP contribution in [0.3, 0.4) is 0 Å². The molecule has 3 aromatic rings. The van der Waals surface area contributed by atoms with Crippen LogP contribution < -0.4 is 14.3 Å². The highest BCUT2D eigenvalue weighted by atomic mass is 32.1. The summed E-state index contributed by atoms with van der Waals surface area (Å²) in [5, 5.41) is 0. The molecule has 0 radical (unpaired) electrons. The third kappa shape index (κ3) is 4.07. The lowest BCUT2D eigenvalue weighted by molar-refractivity contribution is 0.0600. The maximum Gasteiger partial charge on any atom is 0.337 e. The fourth-order valence-electron chi connectivity index (χ4n) is 2.83. The highest BCUT2D eigenvalue weighted by molar-refractivity contribution is 7.16. The standard InChI is InChI=1S/C21H20N2O5S/c1-5-10-23-16-9-6-13(20(25)28-4)11-18(16)29-21(23)22-19(24)15-8-7-14(26-2)12-17(15)27-3/h5-9,11-12H,1,10H2,2-4H3. The van der Waals surface area contributed by atoms with Gasteiger partial charge in [0, 0.05) is 12.6 Å². The Kier molecular flexibility index (Phi) is 6.13. The van der Waals surface area contributed by atoms with Crippen LogP contribution in [0.4, 0.5) is 0 Å². The Morgan fingerprint density at radius 2 is 1.93 bits per heavy atom. The molecule has 0 spiro atoms. The van der Waals surface area contributed by atoms with Gasteiger partial charge in [0.2, 0.25) is 0 Å². The number of allylic oxidation sites excluding steroid dienone is 1.